The van der Waals surface area contributed by atoms with E-state index >= 15 is 0 Å². The van der Waals surface area contributed by atoms with Crippen molar-refractivity contribution in [2.75, 3.05) is 12.9 Å². The minimum atomic E-state index is -0.330. The summed E-state index contributed by atoms with van der Waals surface area (Å²) in [6.07, 6.45) is 4.24. The number of ether oxygens (including phenoxy) is 1. The monoisotopic (exact) mass is 226 g/mol. The fraction of sp³-hybridized carbons (Fsp3) is 0.600. The maximum Gasteiger partial charge on any atom is 0.356 e. The van der Waals surface area contributed by atoms with Gasteiger partial charge in [0, 0.05) is 12.8 Å². The normalized spacial score (nSPS) is 15.3. The SMILES string of the molecule is COC(=O)c1cnc(SCC2CC2)n1C. The van der Waals surface area contributed by atoms with Crippen LogP contribution in [0.1, 0.15) is 23.3 Å². The summed E-state index contributed by atoms with van der Waals surface area (Å²) in [6.45, 7) is 0. The van der Waals surface area contributed by atoms with Gasteiger partial charge in [-0.25, -0.2) is 9.78 Å². The van der Waals surface area contributed by atoms with Crippen LogP contribution >= 0.6 is 11.8 Å². The average Bonchev–Trinajstić information content (AvgIpc) is 3.00. The van der Waals surface area contributed by atoms with Crippen LogP contribution in [0.3, 0.4) is 0 Å². The first-order valence-corrected chi connectivity index (χ1v) is 5.93. The number of rotatable bonds is 4. The zero-order chi connectivity index (χ0) is 10.8. The Morgan fingerprint density at radius 3 is 3.07 bits per heavy atom. The smallest absolute Gasteiger partial charge is 0.356 e. The van der Waals surface area contributed by atoms with Gasteiger partial charge in [-0.05, 0) is 18.8 Å². The summed E-state index contributed by atoms with van der Waals surface area (Å²) in [5.41, 5.74) is 0.510. The van der Waals surface area contributed by atoms with E-state index < -0.39 is 0 Å². The molecule has 0 saturated heterocycles. The summed E-state index contributed by atoms with van der Waals surface area (Å²) in [4.78, 5) is 15.5. The largest absolute Gasteiger partial charge is 0.464 e. The number of methoxy groups -OCH3 is 1. The molecule has 1 aromatic rings. The third-order valence-corrected chi connectivity index (χ3v) is 3.76. The number of carbonyl (C=O) groups is 1. The maximum absolute atomic E-state index is 11.3. The molecular weight excluding hydrogens is 212 g/mol. The first-order valence-electron chi connectivity index (χ1n) is 4.95. The van der Waals surface area contributed by atoms with Crippen LogP contribution in [-0.2, 0) is 11.8 Å². The zero-order valence-corrected chi connectivity index (χ0v) is 9.71. The lowest BCUT2D eigenvalue weighted by molar-refractivity contribution is 0.0589. The van der Waals surface area contributed by atoms with Gasteiger partial charge in [0.15, 0.2) is 5.16 Å². The van der Waals surface area contributed by atoms with Crippen molar-refractivity contribution in [3.05, 3.63) is 11.9 Å². The molecule has 1 fully saturated rings. The fourth-order valence-electron chi connectivity index (χ4n) is 1.30. The summed E-state index contributed by atoms with van der Waals surface area (Å²) in [5.74, 6) is 1.63. The highest BCUT2D eigenvalue weighted by Gasteiger charge is 2.22. The minimum Gasteiger partial charge on any atom is -0.464 e. The lowest BCUT2D eigenvalue weighted by Crippen LogP contribution is -2.07. The topological polar surface area (TPSA) is 44.1 Å². The van der Waals surface area contributed by atoms with E-state index in [1.54, 1.807) is 22.5 Å². The molecule has 2 rings (SSSR count). The number of aromatic nitrogens is 2. The summed E-state index contributed by atoms with van der Waals surface area (Å²) < 4.78 is 6.45. The number of nitrogens with zero attached hydrogens (tertiary/aromatic N) is 2. The van der Waals surface area contributed by atoms with E-state index in [-0.39, 0.29) is 5.97 Å². The molecular formula is C10H14N2O2S. The van der Waals surface area contributed by atoms with Crippen molar-refractivity contribution in [3.63, 3.8) is 0 Å². The van der Waals surface area contributed by atoms with Crippen LogP contribution in [0.5, 0.6) is 0 Å². The first-order chi connectivity index (χ1) is 7.22. The Morgan fingerprint density at radius 1 is 1.73 bits per heavy atom. The molecule has 1 aliphatic rings. The van der Waals surface area contributed by atoms with Crippen LogP contribution in [0.25, 0.3) is 0 Å². The highest BCUT2D eigenvalue weighted by atomic mass is 32.2. The molecule has 0 amide bonds. The van der Waals surface area contributed by atoms with E-state index in [1.807, 2.05) is 7.05 Å². The molecule has 0 aromatic carbocycles. The molecule has 1 aromatic heterocycles. The number of hydrogen-bond acceptors (Lipinski definition) is 4. The highest BCUT2D eigenvalue weighted by molar-refractivity contribution is 7.99. The van der Waals surface area contributed by atoms with Crippen LogP contribution in [-0.4, -0.2) is 28.4 Å². The van der Waals surface area contributed by atoms with E-state index in [0.717, 1.165) is 16.8 Å². The third-order valence-electron chi connectivity index (χ3n) is 2.49. The molecule has 5 heteroatoms. The molecule has 0 unspecified atom stereocenters. The van der Waals surface area contributed by atoms with Crippen LogP contribution < -0.4 is 0 Å². The first kappa shape index (κ1) is 10.5. The number of thioether (sulfide) groups is 1. The van der Waals surface area contributed by atoms with E-state index in [2.05, 4.69) is 9.72 Å². The molecule has 1 heterocycles. The molecule has 1 saturated carbocycles. The quantitative estimate of drug-likeness (QED) is 0.579. The lowest BCUT2D eigenvalue weighted by Gasteiger charge is -2.03. The van der Waals surface area contributed by atoms with Gasteiger partial charge in [-0.2, -0.15) is 0 Å². The van der Waals surface area contributed by atoms with E-state index in [0.29, 0.717) is 5.69 Å². The second-order valence-corrected chi connectivity index (χ2v) is 4.72. The van der Waals surface area contributed by atoms with Crippen molar-refractivity contribution in [2.24, 2.45) is 13.0 Å². The Balaban J connectivity index is 2.04. The maximum atomic E-state index is 11.3. The second kappa shape index (κ2) is 4.26. The van der Waals surface area contributed by atoms with Gasteiger partial charge in [0.25, 0.3) is 0 Å². The number of imidazole rings is 1. The van der Waals surface area contributed by atoms with Gasteiger partial charge in [0.1, 0.15) is 5.69 Å². The van der Waals surface area contributed by atoms with E-state index in [4.69, 9.17) is 0 Å². The van der Waals surface area contributed by atoms with E-state index in [9.17, 15) is 4.79 Å². The molecule has 0 spiro atoms. The van der Waals surface area contributed by atoms with Crippen molar-refractivity contribution in [2.45, 2.75) is 18.0 Å². The van der Waals surface area contributed by atoms with Gasteiger partial charge in [-0.1, -0.05) is 11.8 Å². The van der Waals surface area contributed by atoms with Crippen molar-refractivity contribution in [1.82, 2.24) is 9.55 Å². The third kappa shape index (κ3) is 2.34. The molecule has 82 valence electrons. The fourth-order valence-corrected chi connectivity index (χ4v) is 2.44. The summed E-state index contributed by atoms with van der Waals surface area (Å²) in [7, 11) is 3.22. The summed E-state index contributed by atoms with van der Waals surface area (Å²) in [5, 5.41) is 0.891. The number of hydrogen-bond donors (Lipinski definition) is 0. The van der Waals surface area contributed by atoms with Gasteiger partial charge in [-0.3, -0.25) is 0 Å². The Bertz CT molecular complexity index is 371. The number of carbonyl (C=O) groups excluding carboxylic acids is 1. The lowest BCUT2D eigenvalue weighted by atomic mass is 10.5. The van der Waals surface area contributed by atoms with Gasteiger partial charge in [0.2, 0.25) is 0 Å². The van der Waals surface area contributed by atoms with Crippen molar-refractivity contribution >= 4 is 17.7 Å². The minimum absolute atomic E-state index is 0.330. The van der Waals surface area contributed by atoms with Crippen molar-refractivity contribution < 1.29 is 9.53 Å². The molecule has 0 atom stereocenters. The van der Waals surface area contributed by atoms with Gasteiger partial charge in [-0.15, -0.1) is 0 Å². The van der Waals surface area contributed by atoms with Crippen molar-refractivity contribution in [3.8, 4) is 0 Å². The molecule has 1 aliphatic carbocycles. The Labute approximate surface area is 93.0 Å². The zero-order valence-electron chi connectivity index (χ0n) is 8.90. The van der Waals surface area contributed by atoms with Gasteiger partial charge < -0.3 is 9.30 Å². The highest BCUT2D eigenvalue weighted by Crippen LogP contribution is 2.34. The van der Waals surface area contributed by atoms with Crippen LogP contribution in [0.2, 0.25) is 0 Å². The molecule has 0 N–H and O–H groups in total. The summed E-state index contributed by atoms with van der Waals surface area (Å²) in [6, 6.07) is 0. The predicted octanol–water partition coefficient (Wildman–Crippen LogP) is 1.71. The number of esters is 1. The van der Waals surface area contributed by atoms with Crippen molar-refractivity contribution in [1.29, 1.82) is 0 Å². The standard InChI is InChI=1S/C10H14N2O2S/c1-12-8(9(13)14-2)5-11-10(12)15-6-7-3-4-7/h5,7H,3-4,6H2,1-2H3. The molecule has 15 heavy (non-hydrogen) atoms. The Hall–Kier alpha value is -0.970. The van der Waals surface area contributed by atoms with Gasteiger partial charge in [0.05, 0.1) is 13.3 Å². The van der Waals surface area contributed by atoms with Crippen LogP contribution in [0.15, 0.2) is 11.4 Å². The Kier molecular flexibility index (Phi) is 3.00. The molecule has 0 radical (unpaired) electrons. The molecule has 0 aliphatic heterocycles. The van der Waals surface area contributed by atoms with E-state index in [1.165, 1.54) is 20.0 Å². The van der Waals surface area contributed by atoms with Crippen LogP contribution in [0, 0.1) is 5.92 Å². The van der Waals surface area contributed by atoms with Gasteiger partial charge >= 0.3 is 5.97 Å². The Morgan fingerprint density at radius 2 is 2.47 bits per heavy atom. The summed E-state index contributed by atoms with van der Waals surface area (Å²) >= 11 is 1.71. The average molecular weight is 226 g/mol. The predicted molar refractivity (Wildman–Crippen MR) is 58.0 cm³/mol. The molecule has 0 bridgehead atoms. The van der Waals surface area contributed by atoms with Crippen LogP contribution in [0.4, 0.5) is 0 Å². The molecule has 4 nitrogen and oxygen atoms in total. The second-order valence-electron chi connectivity index (χ2n) is 3.73.